The number of rotatable bonds is 2. The second-order valence-corrected chi connectivity index (χ2v) is 5.43. The monoisotopic (exact) mass is 321 g/mol. The summed E-state index contributed by atoms with van der Waals surface area (Å²) in [5.74, 6) is 0. The van der Waals surface area contributed by atoms with E-state index in [2.05, 4.69) is 15.4 Å². The molecule has 3 aromatic heterocycles. The van der Waals surface area contributed by atoms with E-state index in [0.29, 0.717) is 23.0 Å². The van der Waals surface area contributed by atoms with Crippen LogP contribution in [-0.2, 0) is 0 Å². The highest BCUT2D eigenvalue weighted by atomic mass is 16.2. The van der Waals surface area contributed by atoms with E-state index < -0.39 is 0 Å². The molecule has 2 N–H and O–H groups in total. The number of pyridine rings is 1. The van der Waals surface area contributed by atoms with Crippen molar-refractivity contribution in [1.82, 2.24) is 24.6 Å². The number of para-hydroxylation sites is 1. The minimum atomic E-state index is -0.228. The summed E-state index contributed by atoms with van der Waals surface area (Å²) in [6, 6.07) is 9.10. The molecule has 4 rings (SSSR count). The fourth-order valence-corrected chi connectivity index (χ4v) is 2.77. The van der Waals surface area contributed by atoms with Gasteiger partial charge in [0.2, 0.25) is 0 Å². The lowest BCUT2D eigenvalue weighted by atomic mass is 10.2. The van der Waals surface area contributed by atoms with Gasteiger partial charge >= 0.3 is 6.03 Å². The van der Waals surface area contributed by atoms with Gasteiger partial charge in [-0.15, -0.1) is 0 Å². The Labute approximate surface area is 136 Å². The highest BCUT2D eigenvalue weighted by Gasteiger charge is 2.14. The van der Waals surface area contributed by atoms with Crippen LogP contribution in [0.15, 0.2) is 53.7 Å². The number of hydrogen-bond donors (Lipinski definition) is 2. The van der Waals surface area contributed by atoms with Gasteiger partial charge in [0.25, 0.3) is 5.56 Å². The van der Waals surface area contributed by atoms with E-state index in [4.69, 9.17) is 0 Å². The van der Waals surface area contributed by atoms with Gasteiger partial charge in [-0.05, 0) is 19.1 Å². The molecule has 0 saturated heterocycles. The van der Waals surface area contributed by atoms with Crippen LogP contribution in [0.2, 0.25) is 0 Å². The Balaban J connectivity index is 1.95. The maximum Gasteiger partial charge on any atom is 0.325 e. The average Bonchev–Trinajstić information content (AvgIpc) is 3.17. The van der Waals surface area contributed by atoms with Gasteiger partial charge in [-0.25, -0.2) is 9.48 Å². The predicted octanol–water partition coefficient (Wildman–Crippen LogP) is 2.25. The molecule has 0 fully saturated rings. The van der Waals surface area contributed by atoms with Gasteiger partial charge in [-0.2, -0.15) is 0 Å². The van der Waals surface area contributed by atoms with Crippen molar-refractivity contribution in [1.29, 1.82) is 0 Å². The minimum absolute atomic E-state index is 0.170. The van der Waals surface area contributed by atoms with Gasteiger partial charge in [0, 0.05) is 30.5 Å². The number of nitrogens with zero attached hydrogens (tertiary/aromatic N) is 3. The second kappa shape index (κ2) is 5.38. The SMILES string of the molecule is CCNC(=O)n1cc2ncc3c(=O)n(-c4ccccc4)[nH]c3c2c1. The third-order valence-electron chi connectivity index (χ3n) is 3.91. The molecule has 0 aliphatic carbocycles. The molecular weight excluding hydrogens is 306 g/mol. The highest BCUT2D eigenvalue weighted by molar-refractivity contribution is 6.04. The molecule has 1 aromatic carbocycles. The van der Waals surface area contributed by atoms with Crippen molar-refractivity contribution in [3.05, 3.63) is 59.3 Å². The molecule has 0 aliphatic rings. The third-order valence-corrected chi connectivity index (χ3v) is 3.91. The zero-order valence-corrected chi connectivity index (χ0v) is 13.0. The topological polar surface area (TPSA) is 84.7 Å². The highest BCUT2D eigenvalue weighted by Crippen LogP contribution is 2.21. The molecule has 0 spiro atoms. The van der Waals surface area contributed by atoms with E-state index in [1.54, 1.807) is 12.4 Å². The molecule has 0 unspecified atom stereocenters. The number of aromatic amines is 1. The van der Waals surface area contributed by atoms with E-state index in [1.807, 2.05) is 37.3 Å². The molecule has 0 radical (unpaired) electrons. The number of benzene rings is 1. The summed E-state index contributed by atoms with van der Waals surface area (Å²) in [6.07, 6.45) is 4.87. The van der Waals surface area contributed by atoms with Gasteiger partial charge in [-0.1, -0.05) is 18.2 Å². The number of aromatic nitrogens is 4. The number of carbonyl (C=O) groups excluding carboxylic acids is 1. The van der Waals surface area contributed by atoms with Crippen molar-refractivity contribution >= 4 is 27.8 Å². The number of H-pyrrole nitrogens is 1. The first-order chi connectivity index (χ1) is 11.7. The maximum atomic E-state index is 12.6. The molecule has 3 heterocycles. The summed E-state index contributed by atoms with van der Waals surface area (Å²) in [4.78, 5) is 28.9. The molecule has 4 aromatic rings. The first-order valence-electron chi connectivity index (χ1n) is 7.64. The number of hydrogen-bond acceptors (Lipinski definition) is 3. The van der Waals surface area contributed by atoms with Crippen molar-refractivity contribution in [2.24, 2.45) is 0 Å². The summed E-state index contributed by atoms with van der Waals surface area (Å²) in [5, 5.41) is 7.07. The summed E-state index contributed by atoms with van der Waals surface area (Å²) < 4.78 is 2.92. The first-order valence-corrected chi connectivity index (χ1v) is 7.64. The molecule has 7 nitrogen and oxygen atoms in total. The van der Waals surface area contributed by atoms with Crippen LogP contribution in [0.25, 0.3) is 27.5 Å². The lowest BCUT2D eigenvalue weighted by Gasteiger charge is -2.00. The first kappa shape index (κ1) is 14.3. The molecule has 7 heteroatoms. The normalized spacial score (nSPS) is 11.2. The molecule has 1 amide bonds. The Bertz CT molecular complexity index is 1100. The Morgan fingerprint density at radius 3 is 2.75 bits per heavy atom. The number of carbonyl (C=O) groups is 1. The molecular formula is C17H15N5O2. The fraction of sp³-hybridized carbons (Fsp3) is 0.118. The van der Waals surface area contributed by atoms with E-state index in [9.17, 15) is 9.59 Å². The fourth-order valence-electron chi connectivity index (χ4n) is 2.77. The standard InChI is InChI=1S/C17H15N5O2/c1-2-18-17(24)21-9-13-14(10-21)19-8-12-15(13)20-22(16(12)23)11-6-4-3-5-7-11/h3-10,20H,2H2,1H3,(H,18,24). The van der Waals surface area contributed by atoms with Crippen molar-refractivity contribution in [3.63, 3.8) is 0 Å². The molecule has 24 heavy (non-hydrogen) atoms. The molecule has 0 aliphatic heterocycles. The third kappa shape index (κ3) is 2.10. The Hall–Kier alpha value is -3.35. The lowest BCUT2D eigenvalue weighted by molar-refractivity contribution is 0.243. The van der Waals surface area contributed by atoms with Gasteiger partial charge in [-0.3, -0.25) is 19.4 Å². The summed E-state index contributed by atoms with van der Waals surface area (Å²) in [6.45, 7) is 2.40. The van der Waals surface area contributed by atoms with Gasteiger partial charge in [0.1, 0.15) is 0 Å². The predicted molar refractivity (Wildman–Crippen MR) is 91.7 cm³/mol. The summed E-state index contributed by atoms with van der Waals surface area (Å²) >= 11 is 0. The lowest BCUT2D eigenvalue weighted by Crippen LogP contribution is -2.26. The Kier molecular flexibility index (Phi) is 3.19. The summed E-state index contributed by atoms with van der Waals surface area (Å²) in [5.41, 5.74) is 1.89. The van der Waals surface area contributed by atoms with Gasteiger partial charge in [0.05, 0.1) is 22.1 Å². The molecule has 0 saturated carbocycles. The number of amides is 1. The van der Waals surface area contributed by atoms with Crippen molar-refractivity contribution < 1.29 is 4.79 Å². The van der Waals surface area contributed by atoms with Crippen LogP contribution in [-0.4, -0.2) is 31.9 Å². The van der Waals surface area contributed by atoms with Crippen LogP contribution in [0, 0.1) is 0 Å². The van der Waals surface area contributed by atoms with Crippen LogP contribution in [0.4, 0.5) is 4.79 Å². The minimum Gasteiger partial charge on any atom is -0.338 e. The quantitative estimate of drug-likeness (QED) is 0.594. The van der Waals surface area contributed by atoms with Crippen molar-refractivity contribution in [2.75, 3.05) is 6.54 Å². The van der Waals surface area contributed by atoms with Gasteiger partial charge in [0.15, 0.2) is 0 Å². The van der Waals surface area contributed by atoms with Crippen molar-refractivity contribution in [3.8, 4) is 5.69 Å². The Morgan fingerprint density at radius 2 is 2.00 bits per heavy atom. The van der Waals surface area contributed by atoms with E-state index in [1.165, 1.54) is 15.4 Å². The zero-order chi connectivity index (χ0) is 16.7. The smallest absolute Gasteiger partial charge is 0.325 e. The van der Waals surface area contributed by atoms with E-state index in [-0.39, 0.29) is 11.6 Å². The van der Waals surface area contributed by atoms with Crippen LogP contribution < -0.4 is 10.9 Å². The van der Waals surface area contributed by atoms with Crippen molar-refractivity contribution in [2.45, 2.75) is 6.92 Å². The molecule has 0 atom stereocenters. The van der Waals surface area contributed by atoms with E-state index in [0.717, 1.165) is 11.1 Å². The maximum absolute atomic E-state index is 12.6. The number of fused-ring (bicyclic) bond motifs is 3. The van der Waals surface area contributed by atoms with Crippen LogP contribution in [0.5, 0.6) is 0 Å². The van der Waals surface area contributed by atoms with Crippen LogP contribution in [0.3, 0.4) is 0 Å². The second-order valence-electron chi connectivity index (χ2n) is 5.43. The van der Waals surface area contributed by atoms with Gasteiger partial charge < -0.3 is 5.32 Å². The summed E-state index contributed by atoms with van der Waals surface area (Å²) in [7, 11) is 0. The molecule has 0 bridgehead atoms. The number of nitrogens with one attached hydrogen (secondary N) is 2. The average molecular weight is 321 g/mol. The largest absolute Gasteiger partial charge is 0.338 e. The van der Waals surface area contributed by atoms with Crippen LogP contribution >= 0.6 is 0 Å². The molecule has 120 valence electrons. The Morgan fingerprint density at radius 1 is 1.21 bits per heavy atom. The zero-order valence-electron chi connectivity index (χ0n) is 13.0. The van der Waals surface area contributed by atoms with E-state index >= 15 is 0 Å². The van der Waals surface area contributed by atoms with Crippen LogP contribution in [0.1, 0.15) is 6.92 Å².